The molecule has 0 fully saturated rings. The van der Waals surface area contributed by atoms with E-state index >= 15 is 0 Å². The van der Waals surface area contributed by atoms with Crippen molar-refractivity contribution < 1.29 is 9.72 Å². The monoisotopic (exact) mass is 237 g/mol. The lowest BCUT2D eigenvalue weighted by atomic mass is 10.2. The molecule has 1 aromatic rings. The second-order valence-corrected chi connectivity index (χ2v) is 3.70. The Balaban J connectivity index is 2.94. The Morgan fingerprint density at radius 2 is 2.18 bits per heavy atom. The summed E-state index contributed by atoms with van der Waals surface area (Å²) >= 11 is 0. The summed E-state index contributed by atoms with van der Waals surface area (Å²) in [5, 5.41) is 13.3. The first-order chi connectivity index (χ1) is 7.95. The van der Waals surface area contributed by atoms with Crippen LogP contribution in [0.25, 0.3) is 0 Å². The van der Waals surface area contributed by atoms with Crippen LogP contribution in [0.1, 0.15) is 12.5 Å². The van der Waals surface area contributed by atoms with Crippen molar-refractivity contribution in [2.45, 2.75) is 13.8 Å². The zero-order chi connectivity index (χ0) is 13.0. The van der Waals surface area contributed by atoms with Gasteiger partial charge in [0.2, 0.25) is 0 Å². The first-order valence-corrected chi connectivity index (χ1v) is 5.23. The smallest absolute Gasteiger partial charge is 0.321 e. The van der Waals surface area contributed by atoms with Crippen LogP contribution < -0.4 is 5.32 Å². The molecule has 6 heteroatoms. The van der Waals surface area contributed by atoms with Gasteiger partial charge >= 0.3 is 6.03 Å². The van der Waals surface area contributed by atoms with Crippen molar-refractivity contribution >= 4 is 17.4 Å². The Morgan fingerprint density at radius 1 is 1.53 bits per heavy atom. The number of benzene rings is 1. The van der Waals surface area contributed by atoms with E-state index in [4.69, 9.17) is 0 Å². The molecule has 0 unspecified atom stereocenters. The molecule has 1 aromatic carbocycles. The fourth-order valence-corrected chi connectivity index (χ4v) is 1.21. The molecular weight excluding hydrogens is 222 g/mol. The largest absolute Gasteiger partial charge is 0.328 e. The lowest BCUT2D eigenvalue weighted by Gasteiger charge is -2.16. The number of aryl methyl sites for hydroxylation is 1. The molecule has 0 radical (unpaired) electrons. The summed E-state index contributed by atoms with van der Waals surface area (Å²) in [4.78, 5) is 23.2. The van der Waals surface area contributed by atoms with Gasteiger partial charge in [0.15, 0.2) is 0 Å². The number of urea groups is 1. The van der Waals surface area contributed by atoms with Gasteiger partial charge in [0.05, 0.1) is 10.6 Å². The number of nitro benzene ring substituents is 1. The van der Waals surface area contributed by atoms with E-state index < -0.39 is 4.92 Å². The minimum absolute atomic E-state index is 0.0370. The fourth-order valence-electron chi connectivity index (χ4n) is 1.21. The Hall–Kier alpha value is -2.11. The average molecular weight is 237 g/mol. The molecule has 0 heterocycles. The van der Waals surface area contributed by atoms with E-state index in [-0.39, 0.29) is 11.7 Å². The van der Waals surface area contributed by atoms with Crippen LogP contribution in [0.4, 0.5) is 16.2 Å². The SMILES string of the molecule is CCN(C)C(=O)Nc1cc([N+](=O)[O-])ccc1C. The lowest BCUT2D eigenvalue weighted by Crippen LogP contribution is -2.31. The molecule has 0 bridgehead atoms. The highest BCUT2D eigenvalue weighted by Crippen LogP contribution is 2.21. The van der Waals surface area contributed by atoms with E-state index in [1.807, 2.05) is 6.92 Å². The Labute approximate surface area is 99.4 Å². The summed E-state index contributed by atoms with van der Waals surface area (Å²) in [5.41, 5.74) is 1.21. The van der Waals surface area contributed by atoms with E-state index in [1.165, 1.54) is 17.0 Å². The third-order valence-electron chi connectivity index (χ3n) is 2.49. The van der Waals surface area contributed by atoms with Gasteiger partial charge in [0, 0.05) is 25.7 Å². The van der Waals surface area contributed by atoms with Crippen LogP contribution in [-0.4, -0.2) is 29.4 Å². The maximum Gasteiger partial charge on any atom is 0.321 e. The predicted molar refractivity (Wildman–Crippen MR) is 65.2 cm³/mol. The van der Waals surface area contributed by atoms with E-state index in [1.54, 1.807) is 20.0 Å². The van der Waals surface area contributed by atoms with Crippen molar-refractivity contribution in [1.29, 1.82) is 0 Å². The number of hydrogen-bond acceptors (Lipinski definition) is 3. The number of carbonyl (C=O) groups excluding carboxylic acids is 1. The van der Waals surface area contributed by atoms with E-state index in [2.05, 4.69) is 5.32 Å². The summed E-state index contributed by atoms with van der Waals surface area (Å²) in [6.45, 7) is 4.20. The molecule has 17 heavy (non-hydrogen) atoms. The van der Waals surface area contributed by atoms with E-state index in [9.17, 15) is 14.9 Å². The van der Waals surface area contributed by atoms with Crippen molar-refractivity contribution in [3.63, 3.8) is 0 Å². The number of anilines is 1. The van der Waals surface area contributed by atoms with Gasteiger partial charge in [-0.25, -0.2) is 4.79 Å². The molecule has 1 rings (SSSR count). The van der Waals surface area contributed by atoms with Crippen LogP contribution in [0, 0.1) is 17.0 Å². The number of rotatable bonds is 3. The van der Waals surface area contributed by atoms with Crippen LogP contribution in [-0.2, 0) is 0 Å². The van der Waals surface area contributed by atoms with Gasteiger partial charge in [-0.3, -0.25) is 10.1 Å². The van der Waals surface area contributed by atoms with Crippen molar-refractivity contribution in [3.05, 3.63) is 33.9 Å². The number of non-ortho nitro benzene ring substituents is 1. The Morgan fingerprint density at radius 3 is 2.71 bits per heavy atom. The third kappa shape index (κ3) is 3.17. The van der Waals surface area contributed by atoms with Gasteiger partial charge < -0.3 is 10.2 Å². The predicted octanol–water partition coefficient (Wildman–Crippen LogP) is 2.39. The number of amides is 2. The number of hydrogen-bond donors (Lipinski definition) is 1. The Kier molecular flexibility index (Phi) is 4.03. The Bertz CT molecular complexity index is 446. The maximum atomic E-state index is 11.6. The summed E-state index contributed by atoms with van der Waals surface area (Å²) in [6, 6.07) is 4.10. The van der Waals surface area contributed by atoms with Crippen LogP contribution in [0.2, 0.25) is 0 Å². The summed E-state index contributed by atoms with van der Waals surface area (Å²) in [6.07, 6.45) is 0. The van der Waals surface area contributed by atoms with Gasteiger partial charge in [-0.1, -0.05) is 6.07 Å². The number of nitrogens with one attached hydrogen (secondary N) is 1. The topological polar surface area (TPSA) is 75.5 Å². The molecule has 0 atom stereocenters. The zero-order valence-corrected chi connectivity index (χ0v) is 10.1. The highest BCUT2D eigenvalue weighted by atomic mass is 16.6. The number of nitro groups is 1. The molecule has 1 N–H and O–H groups in total. The first kappa shape index (κ1) is 13.0. The maximum absolute atomic E-state index is 11.6. The summed E-state index contributed by atoms with van der Waals surface area (Å²) < 4.78 is 0. The van der Waals surface area contributed by atoms with E-state index in [0.717, 1.165) is 5.56 Å². The van der Waals surface area contributed by atoms with Gasteiger partial charge in [-0.2, -0.15) is 0 Å². The molecule has 0 aliphatic carbocycles. The lowest BCUT2D eigenvalue weighted by molar-refractivity contribution is -0.384. The van der Waals surface area contributed by atoms with Crippen LogP contribution in [0.3, 0.4) is 0 Å². The number of carbonyl (C=O) groups is 1. The quantitative estimate of drug-likeness (QED) is 0.647. The highest BCUT2D eigenvalue weighted by Gasteiger charge is 2.12. The fraction of sp³-hybridized carbons (Fsp3) is 0.364. The molecule has 6 nitrogen and oxygen atoms in total. The number of nitrogens with zero attached hydrogens (tertiary/aromatic N) is 2. The second-order valence-electron chi connectivity index (χ2n) is 3.70. The molecule has 2 amide bonds. The summed E-state index contributed by atoms with van der Waals surface area (Å²) in [7, 11) is 1.65. The molecule has 0 saturated heterocycles. The molecule has 0 spiro atoms. The van der Waals surface area contributed by atoms with Crippen molar-refractivity contribution in [3.8, 4) is 0 Å². The second kappa shape index (κ2) is 5.29. The van der Waals surface area contributed by atoms with Gasteiger partial charge in [0.25, 0.3) is 5.69 Å². The van der Waals surface area contributed by atoms with Crippen molar-refractivity contribution in [1.82, 2.24) is 4.90 Å². The average Bonchev–Trinajstić information content (AvgIpc) is 2.30. The molecule has 0 aromatic heterocycles. The molecular formula is C11H15N3O3. The molecule has 92 valence electrons. The van der Waals surface area contributed by atoms with Gasteiger partial charge in [-0.05, 0) is 19.4 Å². The van der Waals surface area contributed by atoms with Gasteiger partial charge in [0.1, 0.15) is 0 Å². The van der Waals surface area contributed by atoms with Crippen LogP contribution in [0.15, 0.2) is 18.2 Å². The normalized spacial score (nSPS) is 9.82. The third-order valence-corrected chi connectivity index (χ3v) is 2.49. The van der Waals surface area contributed by atoms with Crippen LogP contribution >= 0.6 is 0 Å². The minimum atomic E-state index is -0.487. The molecule has 0 saturated carbocycles. The standard InChI is InChI=1S/C11H15N3O3/c1-4-13(3)11(15)12-10-7-9(14(16)17)6-5-8(10)2/h5-7H,4H2,1-3H3,(H,12,15). The van der Waals surface area contributed by atoms with Crippen molar-refractivity contribution in [2.75, 3.05) is 18.9 Å². The van der Waals surface area contributed by atoms with Crippen molar-refractivity contribution in [2.24, 2.45) is 0 Å². The van der Waals surface area contributed by atoms with Crippen LogP contribution in [0.5, 0.6) is 0 Å². The molecule has 0 aliphatic rings. The minimum Gasteiger partial charge on any atom is -0.328 e. The van der Waals surface area contributed by atoms with E-state index in [0.29, 0.717) is 12.2 Å². The first-order valence-electron chi connectivity index (χ1n) is 5.23. The summed E-state index contributed by atoms with van der Waals surface area (Å²) in [5.74, 6) is 0. The highest BCUT2D eigenvalue weighted by molar-refractivity contribution is 5.90. The van der Waals surface area contributed by atoms with Gasteiger partial charge in [-0.15, -0.1) is 0 Å². The molecule has 0 aliphatic heterocycles. The zero-order valence-electron chi connectivity index (χ0n) is 10.1.